The number of rotatable bonds is 3. The van der Waals surface area contributed by atoms with Crippen molar-refractivity contribution in [2.45, 2.75) is 31.6 Å². The molecule has 0 fully saturated rings. The molecule has 0 saturated heterocycles. The second kappa shape index (κ2) is 5.30. The zero-order valence-electron chi connectivity index (χ0n) is 11.1. The normalized spacial score (nSPS) is 15.2. The third-order valence-electron chi connectivity index (χ3n) is 3.19. The Morgan fingerprint density at radius 2 is 2.16 bits per heavy atom. The molecule has 19 heavy (non-hydrogen) atoms. The Kier molecular flexibility index (Phi) is 3.91. The van der Waals surface area contributed by atoms with E-state index < -0.39 is 10.0 Å². The van der Waals surface area contributed by atoms with Gasteiger partial charge in [-0.2, -0.15) is 0 Å². The van der Waals surface area contributed by atoms with Crippen molar-refractivity contribution < 1.29 is 13.2 Å². The first kappa shape index (κ1) is 14.0. The Morgan fingerprint density at radius 3 is 2.79 bits per heavy atom. The molecule has 0 bridgehead atoms. The van der Waals surface area contributed by atoms with Crippen LogP contribution in [-0.4, -0.2) is 27.4 Å². The average molecular weight is 282 g/mol. The predicted molar refractivity (Wildman–Crippen MR) is 73.7 cm³/mol. The number of nitrogens with zero attached hydrogens (tertiary/aromatic N) is 1. The van der Waals surface area contributed by atoms with Gasteiger partial charge in [-0.25, -0.2) is 13.1 Å². The maximum Gasteiger partial charge on any atom is 0.240 e. The quantitative estimate of drug-likeness (QED) is 0.908. The highest BCUT2D eigenvalue weighted by molar-refractivity contribution is 7.89. The summed E-state index contributed by atoms with van der Waals surface area (Å²) in [5.41, 5.74) is 1.75. The predicted octanol–water partition coefficient (Wildman–Crippen LogP) is 1.28. The van der Waals surface area contributed by atoms with Gasteiger partial charge in [-0.3, -0.25) is 4.79 Å². The van der Waals surface area contributed by atoms with E-state index in [1.54, 1.807) is 30.0 Å². The Hall–Kier alpha value is -1.40. The zero-order chi connectivity index (χ0) is 14.0. The molecule has 1 aliphatic heterocycles. The van der Waals surface area contributed by atoms with Crippen LogP contribution in [0.3, 0.4) is 0 Å². The largest absolute Gasteiger partial charge is 0.312 e. The van der Waals surface area contributed by atoms with Gasteiger partial charge < -0.3 is 4.90 Å². The molecule has 1 N–H and O–H groups in total. The molecule has 0 radical (unpaired) electrons. The van der Waals surface area contributed by atoms with Crippen molar-refractivity contribution in [2.24, 2.45) is 0 Å². The first-order chi connectivity index (χ1) is 8.95. The van der Waals surface area contributed by atoms with E-state index in [0.717, 1.165) is 24.1 Å². The van der Waals surface area contributed by atoms with Gasteiger partial charge in [0.25, 0.3) is 0 Å². The van der Waals surface area contributed by atoms with Crippen molar-refractivity contribution in [1.29, 1.82) is 0 Å². The van der Waals surface area contributed by atoms with E-state index in [9.17, 15) is 13.2 Å². The Labute approximate surface area is 113 Å². The third kappa shape index (κ3) is 2.79. The van der Waals surface area contributed by atoms with E-state index >= 15 is 0 Å². The highest BCUT2D eigenvalue weighted by Crippen LogP contribution is 2.29. The van der Waals surface area contributed by atoms with Crippen molar-refractivity contribution in [1.82, 2.24) is 4.72 Å². The van der Waals surface area contributed by atoms with E-state index in [-0.39, 0.29) is 10.8 Å². The Balaban J connectivity index is 2.42. The molecule has 0 atom stereocenters. The zero-order valence-corrected chi connectivity index (χ0v) is 12.0. The Bertz CT molecular complexity index is 596. The molecule has 0 aliphatic carbocycles. The van der Waals surface area contributed by atoms with Crippen LogP contribution in [-0.2, 0) is 21.2 Å². The van der Waals surface area contributed by atoms with Gasteiger partial charge >= 0.3 is 0 Å². The van der Waals surface area contributed by atoms with Crippen LogP contribution in [0.15, 0.2) is 23.1 Å². The van der Waals surface area contributed by atoms with Crippen molar-refractivity contribution in [3.8, 4) is 0 Å². The minimum Gasteiger partial charge on any atom is -0.312 e. The number of hydrogen-bond acceptors (Lipinski definition) is 3. The number of hydrogen-bond donors (Lipinski definition) is 1. The monoisotopic (exact) mass is 282 g/mol. The summed E-state index contributed by atoms with van der Waals surface area (Å²) < 4.78 is 26.4. The summed E-state index contributed by atoms with van der Waals surface area (Å²) in [6, 6.07) is 4.95. The fraction of sp³-hybridized carbons (Fsp3) is 0.462. The smallest absolute Gasteiger partial charge is 0.240 e. The second-order valence-corrected chi connectivity index (χ2v) is 6.33. The lowest BCUT2D eigenvalue weighted by molar-refractivity contribution is -0.116. The second-order valence-electron chi connectivity index (χ2n) is 4.57. The molecule has 0 saturated carbocycles. The van der Waals surface area contributed by atoms with Crippen molar-refractivity contribution >= 4 is 21.6 Å². The van der Waals surface area contributed by atoms with E-state index in [4.69, 9.17) is 0 Å². The lowest BCUT2D eigenvalue weighted by Crippen LogP contribution is -2.33. The number of benzene rings is 1. The van der Waals surface area contributed by atoms with Gasteiger partial charge in [0.2, 0.25) is 15.9 Å². The summed E-state index contributed by atoms with van der Waals surface area (Å²) in [5.74, 6) is -0.0109. The van der Waals surface area contributed by atoms with Crippen LogP contribution in [0.5, 0.6) is 0 Å². The Morgan fingerprint density at radius 1 is 1.42 bits per heavy atom. The lowest BCUT2D eigenvalue weighted by Gasteiger charge is -2.28. The average Bonchev–Trinajstić information content (AvgIpc) is 2.37. The van der Waals surface area contributed by atoms with Gasteiger partial charge in [0.05, 0.1) is 4.90 Å². The number of carbonyl (C=O) groups is 1. The molecular weight excluding hydrogens is 264 g/mol. The number of amides is 1. The summed E-state index contributed by atoms with van der Waals surface area (Å²) in [4.78, 5) is 13.5. The molecule has 1 aromatic carbocycles. The molecule has 5 nitrogen and oxygen atoms in total. The molecule has 0 aromatic heterocycles. The minimum absolute atomic E-state index is 0.0109. The first-order valence-corrected chi connectivity index (χ1v) is 7.84. The fourth-order valence-corrected chi connectivity index (χ4v) is 3.43. The maximum atomic E-state index is 11.9. The molecule has 0 spiro atoms. The number of fused-ring (bicyclic) bond motifs is 1. The van der Waals surface area contributed by atoms with Crippen LogP contribution in [0.4, 0.5) is 5.69 Å². The highest BCUT2D eigenvalue weighted by atomic mass is 32.2. The number of anilines is 1. The lowest BCUT2D eigenvalue weighted by atomic mass is 10.0. The van der Waals surface area contributed by atoms with Gasteiger partial charge in [0, 0.05) is 25.7 Å². The summed E-state index contributed by atoms with van der Waals surface area (Å²) >= 11 is 0. The summed E-state index contributed by atoms with van der Waals surface area (Å²) in [6.45, 7) is 4.33. The van der Waals surface area contributed by atoms with Crippen LogP contribution >= 0.6 is 0 Å². The van der Waals surface area contributed by atoms with Crippen LogP contribution in [0, 0.1) is 0 Å². The summed E-state index contributed by atoms with van der Waals surface area (Å²) in [5, 5.41) is 0. The van der Waals surface area contributed by atoms with E-state index in [1.807, 2.05) is 0 Å². The van der Waals surface area contributed by atoms with E-state index in [0.29, 0.717) is 13.1 Å². The number of sulfonamides is 1. The number of carbonyl (C=O) groups excluding carboxylic acids is 1. The molecule has 1 heterocycles. The standard InChI is InChI=1S/C13H18N2O3S/c1-3-14-19(17,18)12-6-7-13-11(9-12)5-4-8-15(13)10(2)16/h6-7,9,14H,3-5,8H2,1-2H3. The van der Waals surface area contributed by atoms with Gasteiger partial charge in [-0.1, -0.05) is 6.92 Å². The number of nitrogens with one attached hydrogen (secondary N) is 1. The first-order valence-electron chi connectivity index (χ1n) is 6.36. The maximum absolute atomic E-state index is 11.9. The van der Waals surface area contributed by atoms with Gasteiger partial charge in [-0.15, -0.1) is 0 Å². The van der Waals surface area contributed by atoms with E-state index in [1.165, 1.54) is 6.92 Å². The summed E-state index contributed by atoms with van der Waals surface area (Å²) in [6.07, 6.45) is 1.66. The van der Waals surface area contributed by atoms with Crippen LogP contribution in [0.25, 0.3) is 0 Å². The number of aryl methyl sites for hydroxylation is 1. The molecule has 104 valence electrons. The van der Waals surface area contributed by atoms with Crippen molar-refractivity contribution in [3.63, 3.8) is 0 Å². The summed E-state index contributed by atoms with van der Waals surface area (Å²) in [7, 11) is -3.44. The van der Waals surface area contributed by atoms with Crippen LogP contribution < -0.4 is 9.62 Å². The van der Waals surface area contributed by atoms with Crippen molar-refractivity contribution in [2.75, 3.05) is 18.0 Å². The van der Waals surface area contributed by atoms with E-state index in [2.05, 4.69) is 4.72 Å². The van der Waals surface area contributed by atoms with Crippen molar-refractivity contribution in [3.05, 3.63) is 23.8 Å². The molecule has 1 aromatic rings. The minimum atomic E-state index is -3.44. The molecule has 6 heteroatoms. The third-order valence-corrected chi connectivity index (χ3v) is 4.74. The molecule has 1 amide bonds. The molecule has 1 aliphatic rings. The SMILES string of the molecule is CCNS(=O)(=O)c1ccc2c(c1)CCCN2C(C)=O. The fourth-order valence-electron chi connectivity index (χ4n) is 2.34. The molecule has 2 rings (SSSR count). The van der Waals surface area contributed by atoms with Gasteiger partial charge in [0.15, 0.2) is 0 Å². The van der Waals surface area contributed by atoms with Crippen LogP contribution in [0.1, 0.15) is 25.8 Å². The molecule has 0 unspecified atom stereocenters. The topological polar surface area (TPSA) is 66.5 Å². The molecular formula is C13H18N2O3S. The van der Waals surface area contributed by atoms with Gasteiger partial charge in [-0.05, 0) is 36.6 Å². The highest BCUT2D eigenvalue weighted by Gasteiger charge is 2.22. The van der Waals surface area contributed by atoms with Crippen LogP contribution in [0.2, 0.25) is 0 Å². The van der Waals surface area contributed by atoms with Gasteiger partial charge in [0.1, 0.15) is 0 Å².